The van der Waals surface area contributed by atoms with E-state index >= 15 is 0 Å². The topological polar surface area (TPSA) is 277 Å². The maximum atomic E-state index is 8.42. The smallest absolute Gasteiger partial charge is 0 e. The first-order valence-corrected chi connectivity index (χ1v) is 2.83. The third kappa shape index (κ3) is 3640. The fourth-order valence-corrected chi connectivity index (χ4v) is 0. The average molecular weight is 608 g/mol. The summed E-state index contributed by atoms with van der Waals surface area (Å²) >= 11 is 0. The van der Waals surface area contributed by atoms with Crippen molar-refractivity contribution in [2.24, 2.45) is 0 Å². The van der Waals surface area contributed by atoms with E-state index in [-0.39, 0.29) is 40.8 Å². The van der Waals surface area contributed by atoms with E-state index in [1.54, 1.807) is 0 Å². The van der Waals surface area contributed by atoms with Gasteiger partial charge in [0, 0.05) is 40.8 Å². The normalized spacial score (nSPS) is 6.00. The Labute approximate surface area is 130 Å². The van der Waals surface area contributed by atoms with Gasteiger partial charge in [0.25, 0.3) is 0 Å². The van der Waals surface area contributed by atoms with Crippen LogP contribution in [0.25, 0.3) is 0 Å². The zero-order valence-corrected chi connectivity index (χ0v) is 13.4. The molecular weight excluding hydrogens is 608 g/mol. The molecule has 0 saturated carbocycles. The van der Waals surface area contributed by atoms with E-state index in [1.165, 1.54) is 0 Å². The summed E-state index contributed by atoms with van der Waals surface area (Å²) in [7, 11) is -11.7. The molecule has 0 saturated heterocycles. The van der Waals surface area contributed by atoms with Crippen LogP contribution in [0.2, 0.25) is 0 Å². The molecule has 0 unspecified atom stereocenters. The van der Waals surface area contributed by atoms with Crippen molar-refractivity contribution in [3.63, 3.8) is 0 Å². The van der Waals surface area contributed by atoms with Gasteiger partial charge in [0.1, 0.15) is 0 Å². The maximum absolute atomic E-state index is 8.42. The Hall–Kier alpha value is 1.10. The monoisotopic (exact) mass is 610 g/mol. The van der Waals surface area contributed by atoms with Gasteiger partial charge < -0.3 is 60.3 Å². The van der Waals surface area contributed by atoms with E-state index < -0.39 is 29.3 Å². The molecule has 12 nitrogen and oxygen atoms in total. The molecule has 0 amide bonds. The van der Waals surface area contributed by atoms with Crippen LogP contribution in [0.3, 0.4) is 0 Å². The third-order valence-corrected chi connectivity index (χ3v) is 0. The quantitative estimate of drug-likeness (QED) is 0.232. The molecule has 0 aromatic rings. The zero-order valence-electron chi connectivity index (χ0n) is 7.96. The summed E-state index contributed by atoms with van der Waals surface area (Å²) in [6, 6.07) is 0. The molecule has 0 rings (SSSR count). The van der Waals surface area contributed by atoms with E-state index in [2.05, 4.69) is 0 Å². The van der Waals surface area contributed by atoms with Gasteiger partial charge in [0.05, 0.1) is 0 Å². The molecule has 18 heavy (non-hydrogen) atoms. The van der Waals surface area contributed by atoms with Crippen LogP contribution in [-0.2, 0) is 40.8 Å². The average Bonchev–Trinajstić information content (AvgIpc) is 1.76. The Morgan fingerprint density at radius 2 is 0.278 bits per heavy atom. The van der Waals surface area contributed by atoms with Gasteiger partial charge in [-0.1, -0.05) is 0 Å². The summed E-state index contributed by atoms with van der Waals surface area (Å²) in [5.41, 5.74) is 0. The van der Waals surface area contributed by atoms with Crippen molar-refractivity contribution in [1.29, 1.82) is 0 Å². The molecule has 0 aliphatic rings. The van der Waals surface area contributed by atoms with Crippen LogP contribution in [0.5, 0.6) is 0 Å². The molecule has 110 valence electrons. The summed E-state index contributed by atoms with van der Waals surface area (Å²) in [5.74, 6) is 0. The zero-order chi connectivity index (χ0) is 14.3. The van der Waals surface area contributed by atoms with Gasteiger partial charge >= 0.3 is 0 Å². The van der Waals surface area contributed by atoms with Crippen molar-refractivity contribution >= 4 is 29.3 Å². The first-order chi connectivity index (χ1) is 6.93. The van der Waals surface area contributed by atoms with Crippen molar-refractivity contribution in [2.45, 2.75) is 0 Å². The second kappa shape index (κ2) is 30.8. The number of hydrogen-bond donors (Lipinski definition) is 0. The SMILES string of the molecule is [O-]B([O-])[O-].[O-]B([O-])[O-].[O-]B([O-])[O-].[O-]B([O-])[O-].[Re].[Re]. The molecule has 0 fully saturated rings. The van der Waals surface area contributed by atoms with E-state index in [9.17, 15) is 0 Å². The van der Waals surface area contributed by atoms with Crippen LogP contribution in [0.15, 0.2) is 0 Å². The van der Waals surface area contributed by atoms with E-state index in [0.717, 1.165) is 0 Å². The van der Waals surface area contributed by atoms with Crippen LogP contribution < -0.4 is 60.3 Å². The molecular formula is B4O12Re2-12. The minimum atomic E-state index is -2.92. The van der Waals surface area contributed by atoms with Gasteiger partial charge in [-0.2, -0.15) is 0 Å². The first kappa shape index (κ1) is 36.5. The van der Waals surface area contributed by atoms with Gasteiger partial charge in [-0.05, 0) is 0 Å². The summed E-state index contributed by atoms with van der Waals surface area (Å²) in [6.07, 6.45) is 0. The van der Waals surface area contributed by atoms with Gasteiger partial charge in [0.2, 0.25) is 0 Å². The predicted octanol–water partition coefficient (Wildman–Crippen LogP) is -15.8. The number of hydrogen-bond acceptors (Lipinski definition) is 12. The molecule has 0 aromatic carbocycles. The van der Waals surface area contributed by atoms with Crippen LogP contribution in [0.4, 0.5) is 0 Å². The molecule has 0 bridgehead atoms. The Balaban J connectivity index is -0.0000000257. The second-order valence-electron chi connectivity index (χ2n) is 1.15. The second-order valence-corrected chi connectivity index (χ2v) is 1.15. The minimum absolute atomic E-state index is 0. The standard InChI is InChI=1S/4BO3.2Re/c4*2-1(3)4;;/q4*-3;;. The Morgan fingerprint density at radius 3 is 0.278 bits per heavy atom. The van der Waals surface area contributed by atoms with Crippen LogP contribution in [0, 0.1) is 0 Å². The number of rotatable bonds is 0. The Kier molecular flexibility index (Phi) is 62.5. The molecule has 0 heterocycles. The summed E-state index contributed by atoms with van der Waals surface area (Å²) in [5, 5.41) is 101. The third-order valence-electron chi connectivity index (χ3n) is 0. The van der Waals surface area contributed by atoms with Gasteiger partial charge in [0.15, 0.2) is 0 Å². The molecule has 18 heteroatoms. The molecule has 0 N–H and O–H groups in total. The molecule has 0 aliphatic heterocycles. The van der Waals surface area contributed by atoms with Crippen molar-refractivity contribution < 1.29 is 101 Å². The van der Waals surface area contributed by atoms with Gasteiger partial charge in [-0.25, -0.2) is 0 Å². The van der Waals surface area contributed by atoms with E-state index in [0.29, 0.717) is 0 Å². The fraction of sp³-hybridized carbons (Fsp3) is 0. The van der Waals surface area contributed by atoms with E-state index in [1.807, 2.05) is 0 Å². The van der Waals surface area contributed by atoms with E-state index in [4.69, 9.17) is 60.3 Å². The summed E-state index contributed by atoms with van der Waals surface area (Å²) in [4.78, 5) is 0. The molecule has 0 aliphatic carbocycles. The van der Waals surface area contributed by atoms with Crippen molar-refractivity contribution in [1.82, 2.24) is 0 Å². The van der Waals surface area contributed by atoms with Crippen LogP contribution >= 0.6 is 0 Å². The molecule has 2 radical (unpaired) electrons. The fourth-order valence-electron chi connectivity index (χ4n) is 0. The Morgan fingerprint density at radius 1 is 0.278 bits per heavy atom. The van der Waals surface area contributed by atoms with Crippen LogP contribution in [-0.4, -0.2) is 29.3 Å². The molecule has 0 aromatic heterocycles. The largest absolute Gasteiger partial charge is 0.907 e. The van der Waals surface area contributed by atoms with Crippen molar-refractivity contribution in [3.8, 4) is 0 Å². The summed E-state index contributed by atoms with van der Waals surface area (Å²) in [6.45, 7) is 0. The minimum Gasteiger partial charge on any atom is -0.907 e. The van der Waals surface area contributed by atoms with Gasteiger partial charge in [-0.15, -0.1) is 0 Å². The molecule has 0 spiro atoms. The molecule has 0 atom stereocenters. The van der Waals surface area contributed by atoms with Gasteiger partial charge in [-0.3, -0.25) is 29.3 Å². The predicted molar refractivity (Wildman–Crippen MR) is 23.0 cm³/mol. The summed E-state index contributed by atoms with van der Waals surface area (Å²) < 4.78 is 0. The van der Waals surface area contributed by atoms with Crippen molar-refractivity contribution in [2.75, 3.05) is 0 Å². The van der Waals surface area contributed by atoms with Crippen LogP contribution in [0.1, 0.15) is 0 Å². The van der Waals surface area contributed by atoms with Crippen molar-refractivity contribution in [3.05, 3.63) is 0 Å². The Bertz CT molecular complexity index is 65.1. The first-order valence-electron chi connectivity index (χ1n) is 2.83. The maximum Gasteiger partial charge on any atom is 0 e.